The molecule has 2 aromatic heterocycles. The van der Waals surface area contributed by atoms with Crippen LogP contribution < -0.4 is 11.1 Å². The number of rotatable bonds is 11. The Kier molecular flexibility index (Phi) is 7.62. The predicted octanol–water partition coefficient (Wildman–Crippen LogP) is 3.83. The first kappa shape index (κ1) is 24.2. The number of imidazole rings is 1. The minimum absolute atomic E-state index is 0.000756. The quantitative estimate of drug-likeness (QED) is 0.307. The molecule has 8 heteroatoms. The third kappa shape index (κ3) is 5.96. The van der Waals surface area contributed by atoms with E-state index in [2.05, 4.69) is 40.1 Å². The molecule has 0 aliphatic carbocycles. The van der Waals surface area contributed by atoms with Crippen LogP contribution in [0.1, 0.15) is 46.9 Å². The lowest BCUT2D eigenvalue weighted by Crippen LogP contribution is -2.15. The highest BCUT2D eigenvalue weighted by molar-refractivity contribution is 5.94. The van der Waals surface area contributed by atoms with Crippen LogP contribution in [-0.2, 0) is 17.8 Å². The van der Waals surface area contributed by atoms with Gasteiger partial charge in [0.2, 0.25) is 5.91 Å². The molecule has 0 aliphatic heterocycles. The highest BCUT2D eigenvalue weighted by Crippen LogP contribution is 2.26. The van der Waals surface area contributed by atoms with Crippen LogP contribution in [-0.4, -0.2) is 37.6 Å². The van der Waals surface area contributed by atoms with Gasteiger partial charge in [-0.1, -0.05) is 36.4 Å². The third-order valence-electron chi connectivity index (χ3n) is 6.27. The molecule has 0 aliphatic rings. The van der Waals surface area contributed by atoms with E-state index in [9.17, 15) is 14.7 Å². The molecular formula is C27H31N5O3. The number of aliphatic hydroxyl groups is 1. The number of anilines is 1. The Bertz CT molecular complexity index is 1310. The first-order valence-electron chi connectivity index (χ1n) is 11.8. The summed E-state index contributed by atoms with van der Waals surface area (Å²) in [4.78, 5) is 27.8. The van der Waals surface area contributed by atoms with E-state index in [4.69, 9.17) is 5.73 Å². The van der Waals surface area contributed by atoms with Crippen molar-refractivity contribution in [1.29, 1.82) is 0 Å². The number of hydrogen-bond acceptors (Lipinski definition) is 4. The fourth-order valence-corrected chi connectivity index (χ4v) is 4.35. The van der Waals surface area contributed by atoms with Crippen molar-refractivity contribution in [2.24, 2.45) is 5.73 Å². The number of aryl methyl sites for hydroxylation is 3. The van der Waals surface area contributed by atoms with Crippen LogP contribution in [0.25, 0.3) is 10.9 Å². The van der Waals surface area contributed by atoms with Crippen molar-refractivity contribution in [2.75, 3.05) is 11.9 Å². The zero-order valence-corrected chi connectivity index (χ0v) is 19.9. The molecule has 0 saturated carbocycles. The van der Waals surface area contributed by atoms with Gasteiger partial charge in [0.1, 0.15) is 5.69 Å². The average Bonchev–Trinajstić information content (AvgIpc) is 3.46. The number of nitrogens with zero attached hydrogens (tertiary/aromatic N) is 3. The number of hydrogen-bond donors (Lipinski definition) is 3. The molecule has 0 fully saturated rings. The normalized spacial score (nSPS) is 12.1. The smallest absolute Gasteiger partial charge is 0.268 e. The number of fused-ring (bicyclic) bond motifs is 1. The summed E-state index contributed by atoms with van der Waals surface area (Å²) in [6.07, 6.45) is 7.92. The molecule has 35 heavy (non-hydrogen) atoms. The van der Waals surface area contributed by atoms with Crippen molar-refractivity contribution in [3.05, 3.63) is 84.1 Å². The summed E-state index contributed by atoms with van der Waals surface area (Å²) in [6.45, 7) is 2.62. The molecule has 2 aromatic carbocycles. The van der Waals surface area contributed by atoms with E-state index in [0.717, 1.165) is 35.0 Å². The summed E-state index contributed by atoms with van der Waals surface area (Å²) in [5.41, 5.74) is 9.62. The Labute approximate surface area is 204 Å². The maximum atomic E-state index is 12.5. The van der Waals surface area contributed by atoms with Gasteiger partial charge in [-0.2, -0.15) is 0 Å². The van der Waals surface area contributed by atoms with E-state index in [1.807, 2.05) is 36.4 Å². The van der Waals surface area contributed by atoms with E-state index in [1.165, 1.54) is 11.9 Å². The van der Waals surface area contributed by atoms with E-state index >= 15 is 0 Å². The van der Waals surface area contributed by atoms with Gasteiger partial charge in [-0.3, -0.25) is 9.59 Å². The van der Waals surface area contributed by atoms with Gasteiger partial charge < -0.3 is 25.3 Å². The Morgan fingerprint density at radius 3 is 2.66 bits per heavy atom. The topological polar surface area (TPSA) is 115 Å². The molecule has 2 amide bonds. The predicted molar refractivity (Wildman–Crippen MR) is 136 cm³/mol. The van der Waals surface area contributed by atoms with Crippen LogP contribution >= 0.6 is 0 Å². The fraction of sp³-hybridized carbons (Fsp3) is 0.296. The second-order valence-corrected chi connectivity index (χ2v) is 8.82. The maximum Gasteiger partial charge on any atom is 0.268 e. The Hall–Kier alpha value is -3.91. The monoisotopic (exact) mass is 473 g/mol. The molecule has 4 aromatic rings. The van der Waals surface area contributed by atoms with Crippen molar-refractivity contribution < 1.29 is 14.7 Å². The van der Waals surface area contributed by atoms with Crippen LogP contribution in [0.4, 0.5) is 5.69 Å². The molecule has 2 heterocycles. The van der Waals surface area contributed by atoms with Gasteiger partial charge in [0.15, 0.2) is 0 Å². The first-order valence-corrected chi connectivity index (χ1v) is 11.8. The van der Waals surface area contributed by atoms with Crippen molar-refractivity contribution >= 4 is 28.4 Å². The van der Waals surface area contributed by atoms with Crippen molar-refractivity contribution in [3.8, 4) is 0 Å². The lowest BCUT2D eigenvalue weighted by atomic mass is 10.1. The zero-order valence-electron chi connectivity index (χ0n) is 19.9. The van der Waals surface area contributed by atoms with Crippen molar-refractivity contribution in [1.82, 2.24) is 14.1 Å². The van der Waals surface area contributed by atoms with Crippen LogP contribution in [0.2, 0.25) is 0 Å². The lowest BCUT2D eigenvalue weighted by Gasteiger charge is -2.16. The molecule has 1 atom stereocenters. The van der Waals surface area contributed by atoms with Gasteiger partial charge in [-0.05, 0) is 49.4 Å². The summed E-state index contributed by atoms with van der Waals surface area (Å²) < 4.78 is 3.85. The van der Waals surface area contributed by atoms with Gasteiger partial charge >= 0.3 is 0 Å². The van der Waals surface area contributed by atoms with Gasteiger partial charge in [-0.15, -0.1) is 0 Å². The highest BCUT2D eigenvalue weighted by atomic mass is 16.3. The molecular weight excluding hydrogens is 442 g/mol. The van der Waals surface area contributed by atoms with Gasteiger partial charge in [0.25, 0.3) is 5.91 Å². The van der Waals surface area contributed by atoms with Crippen LogP contribution in [0.5, 0.6) is 0 Å². The number of carbonyl (C=O) groups excluding carboxylic acids is 2. The third-order valence-corrected chi connectivity index (χ3v) is 6.27. The van der Waals surface area contributed by atoms with Crippen molar-refractivity contribution in [3.63, 3.8) is 0 Å². The van der Waals surface area contributed by atoms with Gasteiger partial charge in [0, 0.05) is 36.4 Å². The first-order chi connectivity index (χ1) is 16.9. The number of nitrogens with one attached hydrogen (secondary N) is 1. The maximum absolute atomic E-state index is 12.5. The number of benzene rings is 2. The minimum Gasteiger partial charge on any atom is -0.394 e. The lowest BCUT2D eigenvalue weighted by molar-refractivity contribution is -0.116. The molecule has 0 radical (unpaired) electrons. The van der Waals surface area contributed by atoms with Crippen LogP contribution in [0, 0.1) is 6.92 Å². The molecule has 8 nitrogen and oxygen atoms in total. The molecule has 4 N–H and O–H groups in total. The molecule has 4 rings (SSSR count). The molecule has 0 spiro atoms. The Balaban J connectivity index is 1.40. The average molecular weight is 474 g/mol. The summed E-state index contributed by atoms with van der Waals surface area (Å²) in [5, 5.41) is 14.0. The summed E-state index contributed by atoms with van der Waals surface area (Å²) >= 11 is 0. The number of aromatic nitrogens is 3. The van der Waals surface area contributed by atoms with E-state index in [-0.39, 0.29) is 24.2 Å². The fourth-order valence-electron chi connectivity index (χ4n) is 4.35. The zero-order chi connectivity index (χ0) is 24.8. The SMILES string of the molecule is Cc1cn(CCC(CO)n2cnc(C(N)=O)c2)c2cc(NC(=O)CCCc3ccccc3)ccc12. The van der Waals surface area contributed by atoms with E-state index < -0.39 is 5.91 Å². The number of carbonyl (C=O) groups is 2. The van der Waals surface area contributed by atoms with Gasteiger partial charge in [0.05, 0.1) is 24.5 Å². The van der Waals surface area contributed by atoms with E-state index in [1.54, 1.807) is 10.8 Å². The number of amides is 2. The second-order valence-electron chi connectivity index (χ2n) is 8.82. The molecule has 0 bridgehead atoms. The molecule has 1 unspecified atom stereocenters. The van der Waals surface area contributed by atoms with Crippen LogP contribution in [0.3, 0.4) is 0 Å². The summed E-state index contributed by atoms with van der Waals surface area (Å²) in [6, 6.07) is 15.9. The van der Waals surface area contributed by atoms with Gasteiger partial charge in [-0.25, -0.2) is 4.98 Å². The standard InChI is InChI=1S/C27H31N5O3/c1-19-15-31(13-12-22(17-33)32-16-24(27(28)35)29-18-32)25-14-21(10-11-23(19)25)30-26(34)9-5-8-20-6-3-2-4-7-20/h2-4,6-7,10-11,14-16,18,22,33H,5,8-9,12-13,17H2,1H3,(H2,28,35)(H,30,34). The molecule has 0 saturated heterocycles. The van der Waals surface area contributed by atoms with Crippen LogP contribution in [0.15, 0.2) is 67.3 Å². The second kappa shape index (κ2) is 11.0. The summed E-state index contributed by atoms with van der Waals surface area (Å²) in [5.74, 6) is -0.595. The highest BCUT2D eigenvalue weighted by Gasteiger charge is 2.15. The largest absolute Gasteiger partial charge is 0.394 e. The number of primary amides is 1. The van der Waals surface area contributed by atoms with Crippen molar-refractivity contribution in [2.45, 2.75) is 45.2 Å². The Morgan fingerprint density at radius 2 is 1.94 bits per heavy atom. The minimum atomic E-state index is -0.595. The number of nitrogens with two attached hydrogens (primary N) is 1. The summed E-state index contributed by atoms with van der Waals surface area (Å²) in [7, 11) is 0. The Morgan fingerprint density at radius 1 is 1.14 bits per heavy atom. The molecule has 182 valence electrons. The van der Waals surface area contributed by atoms with E-state index in [0.29, 0.717) is 19.4 Å². The number of aliphatic hydroxyl groups excluding tert-OH is 1.